The Kier molecular flexibility index (Phi) is 3.14. The highest BCUT2D eigenvalue weighted by molar-refractivity contribution is 5.32. The number of fused-ring (bicyclic) bond motifs is 1. The minimum atomic E-state index is 0.0124. The van der Waals surface area contributed by atoms with E-state index in [2.05, 4.69) is 24.0 Å². The van der Waals surface area contributed by atoms with Crippen molar-refractivity contribution in [2.24, 2.45) is 11.7 Å². The zero-order valence-electron chi connectivity index (χ0n) is 11.4. The average Bonchev–Trinajstić information content (AvgIpc) is 2.83. The van der Waals surface area contributed by atoms with Crippen molar-refractivity contribution in [3.8, 4) is 0 Å². The molecule has 2 heteroatoms. The number of nitrogens with zero attached hydrogens (tertiary/aromatic N) is 1. The third-order valence-electron chi connectivity index (χ3n) is 5.15. The second kappa shape index (κ2) is 4.65. The van der Waals surface area contributed by atoms with E-state index in [0.717, 1.165) is 5.92 Å². The van der Waals surface area contributed by atoms with Gasteiger partial charge < -0.3 is 5.73 Å². The van der Waals surface area contributed by atoms with Crippen molar-refractivity contribution in [3.63, 3.8) is 0 Å². The Morgan fingerprint density at radius 1 is 1.44 bits per heavy atom. The molecule has 1 aromatic heterocycles. The van der Waals surface area contributed by atoms with Gasteiger partial charge in [-0.1, -0.05) is 32.3 Å². The molecule has 98 valence electrons. The molecule has 1 fully saturated rings. The van der Waals surface area contributed by atoms with Crippen molar-refractivity contribution in [1.82, 2.24) is 4.98 Å². The van der Waals surface area contributed by atoms with Crippen molar-refractivity contribution in [2.75, 3.05) is 0 Å². The summed E-state index contributed by atoms with van der Waals surface area (Å²) in [4.78, 5) is 4.63. The van der Waals surface area contributed by atoms with E-state index in [-0.39, 0.29) is 5.54 Å². The quantitative estimate of drug-likeness (QED) is 0.866. The number of hydrogen-bond acceptors (Lipinski definition) is 2. The molecule has 0 amide bonds. The largest absolute Gasteiger partial charge is 0.324 e. The number of rotatable bonds is 2. The van der Waals surface area contributed by atoms with E-state index in [1.807, 2.05) is 6.20 Å². The van der Waals surface area contributed by atoms with Gasteiger partial charge in [-0.15, -0.1) is 0 Å². The fourth-order valence-corrected chi connectivity index (χ4v) is 4.10. The number of hydrogen-bond donors (Lipinski definition) is 1. The van der Waals surface area contributed by atoms with Crippen LogP contribution < -0.4 is 5.73 Å². The first-order valence-corrected chi connectivity index (χ1v) is 7.45. The molecule has 1 aromatic rings. The van der Waals surface area contributed by atoms with Gasteiger partial charge in [0.25, 0.3) is 0 Å². The Morgan fingerprint density at radius 3 is 3.17 bits per heavy atom. The maximum absolute atomic E-state index is 6.81. The van der Waals surface area contributed by atoms with Crippen molar-refractivity contribution in [1.29, 1.82) is 0 Å². The molecule has 0 spiro atoms. The molecule has 3 unspecified atom stereocenters. The molecular formula is C16H24N2. The third-order valence-corrected chi connectivity index (χ3v) is 5.15. The van der Waals surface area contributed by atoms with Gasteiger partial charge in [-0.05, 0) is 43.2 Å². The highest BCUT2D eigenvalue weighted by Crippen LogP contribution is 2.46. The van der Waals surface area contributed by atoms with Crippen molar-refractivity contribution in [3.05, 3.63) is 29.6 Å². The van der Waals surface area contributed by atoms with Crippen molar-refractivity contribution >= 4 is 0 Å². The van der Waals surface area contributed by atoms with Crippen LogP contribution in [0.15, 0.2) is 18.3 Å². The molecule has 0 aromatic carbocycles. The lowest BCUT2D eigenvalue weighted by molar-refractivity contribution is 0.184. The molecule has 0 aliphatic heterocycles. The SMILES string of the molecule is CCC1CCCC(N)(C2CCc3cccnc32)C1. The lowest BCUT2D eigenvalue weighted by atomic mass is 9.68. The van der Waals surface area contributed by atoms with Gasteiger partial charge in [0.2, 0.25) is 0 Å². The molecule has 0 bridgehead atoms. The van der Waals surface area contributed by atoms with Gasteiger partial charge in [0.1, 0.15) is 0 Å². The second-order valence-corrected chi connectivity index (χ2v) is 6.24. The predicted molar refractivity (Wildman–Crippen MR) is 74.5 cm³/mol. The summed E-state index contributed by atoms with van der Waals surface area (Å²) >= 11 is 0. The molecule has 3 rings (SSSR count). The van der Waals surface area contributed by atoms with Crippen LogP contribution in [-0.4, -0.2) is 10.5 Å². The fraction of sp³-hybridized carbons (Fsp3) is 0.688. The van der Waals surface area contributed by atoms with Gasteiger partial charge in [-0.3, -0.25) is 4.98 Å². The monoisotopic (exact) mass is 244 g/mol. The van der Waals surface area contributed by atoms with Crippen molar-refractivity contribution in [2.45, 2.75) is 63.3 Å². The van der Waals surface area contributed by atoms with Crippen LogP contribution in [-0.2, 0) is 6.42 Å². The highest BCUT2D eigenvalue weighted by atomic mass is 14.8. The molecular weight excluding hydrogens is 220 g/mol. The molecule has 0 saturated heterocycles. The van der Waals surface area contributed by atoms with E-state index in [9.17, 15) is 0 Å². The lowest BCUT2D eigenvalue weighted by Gasteiger charge is -2.42. The Hall–Kier alpha value is -0.890. The Morgan fingerprint density at radius 2 is 2.33 bits per heavy atom. The lowest BCUT2D eigenvalue weighted by Crippen LogP contribution is -2.49. The van der Waals surface area contributed by atoms with Gasteiger partial charge in [0, 0.05) is 23.3 Å². The molecule has 2 N–H and O–H groups in total. The van der Waals surface area contributed by atoms with E-state index in [1.165, 1.54) is 56.2 Å². The Labute approximate surface area is 110 Å². The van der Waals surface area contributed by atoms with Crippen LogP contribution in [0.4, 0.5) is 0 Å². The van der Waals surface area contributed by atoms with Gasteiger partial charge in [0.15, 0.2) is 0 Å². The van der Waals surface area contributed by atoms with Crippen LogP contribution >= 0.6 is 0 Å². The van der Waals surface area contributed by atoms with Crippen LogP contribution in [0.5, 0.6) is 0 Å². The molecule has 3 atom stereocenters. The zero-order chi connectivity index (χ0) is 12.6. The van der Waals surface area contributed by atoms with Gasteiger partial charge >= 0.3 is 0 Å². The number of pyridine rings is 1. The number of aromatic nitrogens is 1. The van der Waals surface area contributed by atoms with E-state index in [4.69, 9.17) is 5.73 Å². The Bertz CT molecular complexity index is 429. The summed E-state index contributed by atoms with van der Waals surface area (Å²) in [7, 11) is 0. The van der Waals surface area contributed by atoms with Crippen LogP contribution in [0.2, 0.25) is 0 Å². The first-order chi connectivity index (χ1) is 8.73. The number of aryl methyl sites for hydroxylation is 1. The normalized spacial score (nSPS) is 35.4. The van der Waals surface area contributed by atoms with Crippen LogP contribution in [0.3, 0.4) is 0 Å². The molecule has 1 heterocycles. The molecule has 2 aliphatic carbocycles. The Balaban J connectivity index is 1.87. The maximum atomic E-state index is 6.81. The van der Waals surface area contributed by atoms with E-state index in [1.54, 1.807) is 0 Å². The average molecular weight is 244 g/mol. The van der Waals surface area contributed by atoms with Crippen LogP contribution in [0.1, 0.15) is 62.6 Å². The maximum Gasteiger partial charge on any atom is 0.0484 e. The van der Waals surface area contributed by atoms with E-state index in [0.29, 0.717) is 5.92 Å². The van der Waals surface area contributed by atoms with Gasteiger partial charge in [0.05, 0.1) is 0 Å². The summed E-state index contributed by atoms with van der Waals surface area (Å²) in [5, 5.41) is 0. The zero-order valence-corrected chi connectivity index (χ0v) is 11.4. The minimum absolute atomic E-state index is 0.0124. The predicted octanol–water partition coefficient (Wildman–Crippen LogP) is 3.41. The first kappa shape index (κ1) is 12.2. The van der Waals surface area contributed by atoms with Gasteiger partial charge in [-0.25, -0.2) is 0 Å². The summed E-state index contributed by atoms with van der Waals surface area (Å²) in [6.45, 7) is 2.30. The standard InChI is InChI=1S/C16H24N2/c1-2-12-5-3-9-16(17,11-12)14-8-7-13-6-4-10-18-15(13)14/h4,6,10,12,14H,2-3,5,7-9,11,17H2,1H3. The molecule has 1 saturated carbocycles. The smallest absolute Gasteiger partial charge is 0.0484 e. The van der Waals surface area contributed by atoms with Crippen LogP contribution in [0.25, 0.3) is 0 Å². The molecule has 18 heavy (non-hydrogen) atoms. The summed E-state index contributed by atoms with van der Waals surface area (Å²) in [5.74, 6) is 1.33. The van der Waals surface area contributed by atoms with Gasteiger partial charge in [-0.2, -0.15) is 0 Å². The second-order valence-electron chi connectivity index (χ2n) is 6.24. The first-order valence-electron chi connectivity index (χ1n) is 7.45. The molecule has 0 radical (unpaired) electrons. The number of nitrogens with two attached hydrogens (primary N) is 1. The summed E-state index contributed by atoms with van der Waals surface area (Å²) in [6.07, 6.45) is 10.6. The highest BCUT2D eigenvalue weighted by Gasteiger charge is 2.43. The van der Waals surface area contributed by atoms with Crippen molar-refractivity contribution < 1.29 is 0 Å². The topological polar surface area (TPSA) is 38.9 Å². The van der Waals surface area contributed by atoms with E-state index >= 15 is 0 Å². The third kappa shape index (κ3) is 1.97. The minimum Gasteiger partial charge on any atom is -0.324 e. The summed E-state index contributed by atoms with van der Waals surface area (Å²) in [6, 6.07) is 4.28. The molecule has 2 nitrogen and oxygen atoms in total. The fourth-order valence-electron chi connectivity index (χ4n) is 4.10. The molecule has 2 aliphatic rings. The summed E-state index contributed by atoms with van der Waals surface area (Å²) in [5.41, 5.74) is 9.56. The van der Waals surface area contributed by atoms with Crippen LogP contribution in [0, 0.1) is 5.92 Å². The summed E-state index contributed by atoms with van der Waals surface area (Å²) < 4.78 is 0. The van der Waals surface area contributed by atoms with E-state index < -0.39 is 0 Å².